The van der Waals surface area contributed by atoms with Crippen molar-refractivity contribution in [3.63, 3.8) is 0 Å². The smallest absolute Gasteiger partial charge is 0.307 e. The highest BCUT2D eigenvalue weighted by atomic mass is 16.5. The van der Waals surface area contributed by atoms with Gasteiger partial charge >= 0.3 is 5.97 Å². The third-order valence-electron chi connectivity index (χ3n) is 2.17. The monoisotopic (exact) mass is 237 g/mol. The Bertz CT molecular complexity index is 403. The summed E-state index contributed by atoms with van der Waals surface area (Å²) in [4.78, 5) is 22.1. The lowest BCUT2D eigenvalue weighted by atomic mass is 10.1. The number of benzene rings is 1. The van der Waals surface area contributed by atoms with E-state index < -0.39 is 5.97 Å². The molecule has 0 saturated carbocycles. The number of carbonyl (C=O) groups is 2. The molecule has 2 N–H and O–H groups in total. The van der Waals surface area contributed by atoms with E-state index in [0.29, 0.717) is 17.9 Å². The summed E-state index contributed by atoms with van der Waals surface area (Å²) in [7, 11) is 1.52. The van der Waals surface area contributed by atoms with Crippen LogP contribution in [0.1, 0.15) is 12.0 Å². The second-order valence-electron chi connectivity index (χ2n) is 3.52. The molecule has 0 aliphatic rings. The number of para-hydroxylation sites is 1. The topological polar surface area (TPSA) is 75.6 Å². The van der Waals surface area contributed by atoms with Crippen molar-refractivity contribution < 1.29 is 19.4 Å². The summed E-state index contributed by atoms with van der Waals surface area (Å²) in [5.41, 5.74) is 1.13. The van der Waals surface area contributed by atoms with Gasteiger partial charge in [-0.1, -0.05) is 18.2 Å². The van der Waals surface area contributed by atoms with E-state index in [1.54, 1.807) is 24.3 Å². The molecular weight excluding hydrogens is 222 g/mol. The van der Waals surface area contributed by atoms with Crippen LogP contribution >= 0.6 is 0 Å². The number of rotatable bonds is 6. The molecule has 0 spiro atoms. The third kappa shape index (κ3) is 4.65. The highest BCUT2D eigenvalue weighted by Gasteiger charge is 2.08. The van der Waals surface area contributed by atoms with Crippen molar-refractivity contribution in [2.75, 3.05) is 19.0 Å². The lowest BCUT2D eigenvalue weighted by molar-refractivity contribution is -0.136. The second-order valence-corrected chi connectivity index (χ2v) is 3.52. The summed E-state index contributed by atoms with van der Waals surface area (Å²) in [6, 6.07) is 6.85. The van der Waals surface area contributed by atoms with E-state index in [-0.39, 0.29) is 18.7 Å². The lowest BCUT2D eigenvalue weighted by Gasteiger charge is -2.09. The van der Waals surface area contributed by atoms with E-state index in [4.69, 9.17) is 9.84 Å². The van der Waals surface area contributed by atoms with E-state index in [9.17, 15) is 9.59 Å². The van der Waals surface area contributed by atoms with Gasteiger partial charge < -0.3 is 15.2 Å². The number of aliphatic carboxylic acids is 1. The number of hydrogen-bond donors (Lipinski definition) is 2. The van der Waals surface area contributed by atoms with Crippen LogP contribution in [0.3, 0.4) is 0 Å². The number of ether oxygens (including phenoxy) is 1. The average molecular weight is 237 g/mol. The van der Waals surface area contributed by atoms with Crippen LogP contribution in [0.15, 0.2) is 24.3 Å². The van der Waals surface area contributed by atoms with Gasteiger partial charge in [-0.05, 0) is 11.6 Å². The summed E-state index contributed by atoms with van der Waals surface area (Å²) < 4.78 is 4.79. The Morgan fingerprint density at radius 1 is 1.35 bits per heavy atom. The van der Waals surface area contributed by atoms with Gasteiger partial charge in [-0.25, -0.2) is 0 Å². The van der Waals surface area contributed by atoms with Gasteiger partial charge in [0.25, 0.3) is 0 Å². The summed E-state index contributed by atoms with van der Waals surface area (Å²) >= 11 is 0. The number of nitrogens with one attached hydrogen (secondary N) is 1. The minimum Gasteiger partial charge on any atom is -0.481 e. The van der Waals surface area contributed by atoms with Crippen LogP contribution in [0.2, 0.25) is 0 Å². The molecule has 0 aromatic heterocycles. The lowest BCUT2D eigenvalue weighted by Crippen LogP contribution is -2.15. The van der Waals surface area contributed by atoms with Crippen LogP contribution in [-0.4, -0.2) is 30.7 Å². The van der Waals surface area contributed by atoms with Gasteiger partial charge in [0.2, 0.25) is 5.91 Å². The predicted molar refractivity (Wildman–Crippen MR) is 62.9 cm³/mol. The first-order chi connectivity index (χ1) is 8.13. The standard InChI is InChI=1S/C12H15NO4/c1-17-7-6-11(14)13-10-5-3-2-4-9(10)8-12(15)16/h2-5H,6-8H2,1H3,(H,13,14)(H,15,16). The Kier molecular flexibility index (Phi) is 5.16. The number of amides is 1. The van der Waals surface area contributed by atoms with E-state index in [1.165, 1.54) is 7.11 Å². The van der Waals surface area contributed by atoms with Crippen molar-refractivity contribution in [3.05, 3.63) is 29.8 Å². The molecule has 0 unspecified atom stereocenters. The fourth-order valence-electron chi connectivity index (χ4n) is 1.37. The molecule has 92 valence electrons. The molecule has 0 aliphatic carbocycles. The average Bonchev–Trinajstić information content (AvgIpc) is 2.28. The number of carboxylic acids is 1. The largest absolute Gasteiger partial charge is 0.481 e. The highest BCUT2D eigenvalue weighted by Crippen LogP contribution is 2.15. The van der Waals surface area contributed by atoms with Crippen molar-refractivity contribution in [1.29, 1.82) is 0 Å². The first kappa shape index (κ1) is 13.2. The Balaban J connectivity index is 2.69. The van der Waals surface area contributed by atoms with Crippen molar-refractivity contribution in [2.45, 2.75) is 12.8 Å². The number of hydrogen-bond acceptors (Lipinski definition) is 3. The fraction of sp³-hybridized carbons (Fsp3) is 0.333. The molecule has 1 aromatic carbocycles. The van der Waals surface area contributed by atoms with E-state index in [2.05, 4.69) is 5.32 Å². The quantitative estimate of drug-likeness (QED) is 0.781. The maximum Gasteiger partial charge on any atom is 0.307 e. The number of carboxylic acid groups (broad SMARTS) is 1. The SMILES string of the molecule is COCCC(=O)Nc1ccccc1CC(=O)O. The van der Waals surface area contributed by atoms with Gasteiger partial charge in [-0.15, -0.1) is 0 Å². The summed E-state index contributed by atoms with van der Waals surface area (Å²) in [6.45, 7) is 0.340. The minimum atomic E-state index is -0.927. The Hall–Kier alpha value is -1.88. The van der Waals surface area contributed by atoms with Crippen molar-refractivity contribution >= 4 is 17.6 Å². The zero-order valence-corrected chi connectivity index (χ0v) is 9.60. The zero-order chi connectivity index (χ0) is 12.7. The molecule has 1 aromatic rings. The maximum atomic E-state index is 11.5. The molecule has 0 aliphatic heterocycles. The second kappa shape index (κ2) is 6.65. The molecule has 0 heterocycles. The Morgan fingerprint density at radius 2 is 2.06 bits per heavy atom. The van der Waals surface area contributed by atoms with Crippen LogP contribution in [0.4, 0.5) is 5.69 Å². The normalized spacial score (nSPS) is 9.94. The van der Waals surface area contributed by atoms with Crippen LogP contribution in [0, 0.1) is 0 Å². The van der Waals surface area contributed by atoms with Crippen LogP contribution < -0.4 is 5.32 Å². The van der Waals surface area contributed by atoms with Gasteiger partial charge in [0.1, 0.15) is 0 Å². The van der Waals surface area contributed by atoms with Crippen molar-refractivity contribution in [1.82, 2.24) is 0 Å². The number of methoxy groups -OCH3 is 1. The third-order valence-corrected chi connectivity index (χ3v) is 2.17. The van der Waals surface area contributed by atoms with Crippen molar-refractivity contribution in [3.8, 4) is 0 Å². The minimum absolute atomic E-state index is 0.110. The molecule has 17 heavy (non-hydrogen) atoms. The first-order valence-corrected chi connectivity index (χ1v) is 5.22. The number of carbonyl (C=O) groups excluding carboxylic acids is 1. The van der Waals surface area contributed by atoms with Crippen LogP contribution in [0.5, 0.6) is 0 Å². The fourth-order valence-corrected chi connectivity index (χ4v) is 1.37. The van der Waals surface area contributed by atoms with Gasteiger partial charge in [-0.3, -0.25) is 9.59 Å². The maximum absolute atomic E-state index is 11.5. The highest BCUT2D eigenvalue weighted by molar-refractivity contribution is 5.92. The van der Waals surface area contributed by atoms with Gasteiger partial charge in [0, 0.05) is 12.8 Å². The molecule has 1 amide bonds. The Labute approximate surface area is 99.4 Å². The molecule has 5 nitrogen and oxygen atoms in total. The van der Waals surface area contributed by atoms with E-state index in [0.717, 1.165) is 0 Å². The summed E-state index contributed by atoms with van der Waals surface area (Å²) in [5.74, 6) is -1.12. The van der Waals surface area contributed by atoms with Crippen LogP contribution in [0.25, 0.3) is 0 Å². The van der Waals surface area contributed by atoms with Gasteiger partial charge in [0.05, 0.1) is 19.4 Å². The molecule has 5 heteroatoms. The van der Waals surface area contributed by atoms with Crippen molar-refractivity contribution in [2.24, 2.45) is 0 Å². The molecule has 1 rings (SSSR count). The summed E-state index contributed by atoms with van der Waals surface area (Å²) in [5, 5.41) is 11.4. The predicted octanol–water partition coefficient (Wildman–Crippen LogP) is 1.29. The molecule has 0 saturated heterocycles. The van der Waals surface area contributed by atoms with E-state index in [1.807, 2.05) is 0 Å². The molecule has 0 fully saturated rings. The molecule has 0 radical (unpaired) electrons. The summed E-state index contributed by atoms with van der Waals surface area (Å²) in [6.07, 6.45) is 0.138. The number of anilines is 1. The van der Waals surface area contributed by atoms with E-state index >= 15 is 0 Å². The molecule has 0 atom stereocenters. The van der Waals surface area contributed by atoms with Crippen LogP contribution in [-0.2, 0) is 20.7 Å². The first-order valence-electron chi connectivity index (χ1n) is 5.22. The van der Waals surface area contributed by atoms with Gasteiger partial charge in [-0.2, -0.15) is 0 Å². The Morgan fingerprint density at radius 3 is 2.71 bits per heavy atom. The molecular formula is C12H15NO4. The zero-order valence-electron chi connectivity index (χ0n) is 9.60. The molecule has 0 bridgehead atoms. The van der Waals surface area contributed by atoms with Gasteiger partial charge in [0.15, 0.2) is 0 Å².